The van der Waals surface area contributed by atoms with Crippen LogP contribution >= 0.6 is 0 Å². The van der Waals surface area contributed by atoms with Gasteiger partial charge >= 0.3 is 0 Å². The highest BCUT2D eigenvalue weighted by molar-refractivity contribution is 5.42. The Hall–Kier alpha value is -1.62. The Balaban J connectivity index is 2.36. The summed E-state index contributed by atoms with van der Waals surface area (Å²) >= 11 is 0. The van der Waals surface area contributed by atoms with Gasteiger partial charge in [-0.2, -0.15) is 5.10 Å². The van der Waals surface area contributed by atoms with Crippen LogP contribution in [0.4, 0.5) is 0 Å². The van der Waals surface area contributed by atoms with E-state index in [0.717, 1.165) is 0 Å². The van der Waals surface area contributed by atoms with E-state index in [0.29, 0.717) is 18.5 Å². The second kappa shape index (κ2) is 3.86. The summed E-state index contributed by atoms with van der Waals surface area (Å²) in [6.45, 7) is 2.24. The van der Waals surface area contributed by atoms with Crippen LogP contribution in [0.5, 0.6) is 0 Å². The Kier molecular flexibility index (Phi) is 2.55. The zero-order valence-corrected chi connectivity index (χ0v) is 8.50. The van der Waals surface area contributed by atoms with Gasteiger partial charge in [0.2, 0.25) is 0 Å². The highest BCUT2D eigenvalue weighted by atomic mass is 16.3. The Morgan fingerprint density at radius 1 is 1.53 bits per heavy atom. The van der Waals surface area contributed by atoms with Gasteiger partial charge < -0.3 is 9.67 Å². The predicted molar refractivity (Wildman–Crippen MR) is 55.7 cm³/mol. The van der Waals surface area contributed by atoms with Gasteiger partial charge in [-0.25, -0.2) is 4.52 Å². The molecule has 1 atom stereocenters. The van der Waals surface area contributed by atoms with Gasteiger partial charge in [0.1, 0.15) is 5.52 Å². The summed E-state index contributed by atoms with van der Waals surface area (Å²) in [4.78, 5) is 11.8. The maximum absolute atomic E-state index is 11.8. The molecule has 0 spiro atoms. The zero-order chi connectivity index (χ0) is 10.8. The largest absolute Gasteiger partial charge is 0.393 e. The van der Waals surface area contributed by atoms with E-state index in [-0.39, 0.29) is 5.56 Å². The number of hydrogen-bond acceptors (Lipinski definition) is 3. The molecule has 2 aromatic rings. The first-order valence-corrected chi connectivity index (χ1v) is 4.89. The lowest BCUT2D eigenvalue weighted by Crippen LogP contribution is -2.22. The fourth-order valence-electron chi connectivity index (χ4n) is 1.46. The van der Waals surface area contributed by atoms with Crippen LogP contribution in [0.15, 0.2) is 29.5 Å². The molecule has 5 heteroatoms. The Morgan fingerprint density at radius 2 is 2.33 bits per heavy atom. The molecule has 0 amide bonds. The average Bonchev–Trinajstić information content (AvgIpc) is 2.65. The highest BCUT2D eigenvalue weighted by Crippen LogP contribution is 1.97. The maximum atomic E-state index is 11.8. The lowest BCUT2D eigenvalue weighted by Gasteiger charge is -2.07. The van der Waals surface area contributed by atoms with E-state index in [4.69, 9.17) is 5.11 Å². The number of fused-ring (bicyclic) bond motifs is 1. The van der Waals surface area contributed by atoms with E-state index in [2.05, 4.69) is 5.10 Å². The fourth-order valence-corrected chi connectivity index (χ4v) is 1.46. The Morgan fingerprint density at radius 3 is 3.07 bits per heavy atom. The van der Waals surface area contributed by atoms with Gasteiger partial charge in [-0.1, -0.05) is 0 Å². The summed E-state index contributed by atoms with van der Waals surface area (Å²) in [5.41, 5.74) is 0.485. The molecule has 0 bridgehead atoms. The normalized spacial score (nSPS) is 13.2. The molecule has 80 valence electrons. The molecule has 0 fully saturated rings. The van der Waals surface area contributed by atoms with Crippen molar-refractivity contribution in [1.29, 1.82) is 0 Å². The number of hydrogen-bond donors (Lipinski definition) is 1. The number of aliphatic hydroxyl groups is 1. The molecule has 2 aromatic heterocycles. The summed E-state index contributed by atoms with van der Waals surface area (Å²) in [6, 6.07) is 1.68. The van der Waals surface area contributed by atoms with Crippen molar-refractivity contribution in [2.75, 3.05) is 0 Å². The third kappa shape index (κ3) is 1.92. The minimum Gasteiger partial charge on any atom is -0.393 e. The number of nitrogens with zero attached hydrogens (tertiary/aromatic N) is 3. The van der Waals surface area contributed by atoms with Crippen LogP contribution < -0.4 is 5.56 Å². The van der Waals surface area contributed by atoms with Gasteiger partial charge in [-0.3, -0.25) is 4.79 Å². The van der Waals surface area contributed by atoms with Crippen molar-refractivity contribution in [3.8, 4) is 0 Å². The molecule has 2 heterocycles. The molecule has 0 saturated heterocycles. The van der Waals surface area contributed by atoms with Crippen molar-refractivity contribution in [2.45, 2.75) is 26.0 Å². The standard InChI is InChI=1S/C10H13N3O2/c1-8(14)3-5-12-6-7-13-9(10(12)15)2-4-11-13/h2,4,6-8,14H,3,5H2,1H3. The third-order valence-electron chi connectivity index (χ3n) is 2.33. The van der Waals surface area contributed by atoms with Gasteiger partial charge in [0.25, 0.3) is 5.56 Å². The third-order valence-corrected chi connectivity index (χ3v) is 2.33. The van der Waals surface area contributed by atoms with Crippen LogP contribution in [-0.4, -0.2) is 25.4 Å². The van der Waals surface area contributed by atoms with E-state index >= 15 is 0 Å². The maximum Gasteiger partial charge on any atom is 0.276 e. The topological polar surface area (TPSA) is 59.5 Å². The molecule has 1 unspecified atom stereocenters. The van der Waals surface area contributed by atoms with Crippen LogP contribution in [0, 0.1) is 0 Å². The Labute approximate surface area is 86.6 Å². The molecule has 5 nitrogen and oxygen atoms in total. The first-order chi connectivity index (χ1) is 7.18. The lowest BCUT2D eigenvalue weighted by molar-refractivity contribution is 0.177. The van der Waals surface area contributed by atoms with Crippen molar-refractivity contribution in [2.24, 2.45) is 0 Å². The van der Waals surface area contributed by atoms with E-state index in [1.165, 1.54) is 0 Å². The second-order valence-corrected chi connectivity index (χ2v) is 3.60. The smallest absolute Gasteiger partial charge is 0.276 e. The second-order valence-electron chi connectivity index (χ2n) is 3.60. The molecule has 0 aliphatic carbocycles. The molecule has 0 saturated carbocycles. The van der Waals surface area contributed by atoms with Crippen LogP contribution in [0.3, 0.4) is 0 Å². The quantitative estimate of drug-likeness (QED) is 0.785. The number of aryl methyl sites for hydroxylation is 1. The van der Waals surface area contributed by atoms with Crippen LogP contribution in [0.25, 0.3) is 5.52 Å². The molecule has 0 aliphatic heterocycles. The minimum absolute atomic E-state index is 0.0735. The summed E-state index contributed by atoms with van der Waals surface area (Å²) in [6.07, 6.45) is 5.20. The fraction of sp³-hybridized carbons (Fsp3) is 0.400. The van der Waals surface area contributed by atoms with Crippen molar-refractivity contribution >= 4 is 5.52 Å². The van der Waals surface area contributed by atoms with Crippen molar-refractivity contribution in [3.63, 3.8) is 0 Å². The molecular formula is C10H13N3O2. The highest BCUT2D eigenvalue weighted by Gasteiger charge is 2.03. The summed E-state index contributed by atoms with van der Waals surface area (Å²) in [5.74, 6) is 0. The predicted octanol–water partition coefficient (Wildman–Crippen LogP) is 0.267. The monoisotopic (exact) mass is 207 g/mol. The summed E-state index contributed by atoms with van der Waals surface area (Å²) < 4.78 is 3.13. The SMILES string of the molecule is CC(O)CCn1ccn2nccc2c1=O. The first kappa shape index (κ1) is 9.92. The number of aliphatic hydroxyl groups excluding tert-OH is 1. The number of aromatic nitrogens is 3. The van der Waals surface area contributed by atoms with E-state index < -0.39 is 6.10 Å². The van der Waals surface area contributed by atoms with Gasteiger partial charge in [0.15, 0.2) is 0 Å². The van der Waals surface area contributed by atoms with Crippen molar-refractivity contribution in [1.82, 2.24) is 14.2 Å². The Bertz CT molecular complexity index is 513. The van der Waals surface area contributed by atoms with Crippen molar-refractivity contribution in [3.05, 3.63) is 35.0 Å². The number of rotatable bonds is 3. The van der Waals surface area contributed by atoms with E-state index in [1.807, 2.05) is 0 Å². The van der Waals surface area contributed by atoms with Gasteiger partial charge in [0.05, 0.1) is 12.3 Å². The minimum atomic E-state index is -0.391. The molecule has 0 aromatic carbocycles. The van der Waals surface area contributed by atoms with E-state index in [9.17, 15) is 4.79 Å². The van der Waals surface area contributed by atoms with Crippen LogP contribution in [-0.2, 0) is 6.54 Å². The molecule has 15 heavy (non-hydrogen) atoms. The first-order valence-electron chi connectivity index (χ1n) is 4.89. The van der Waals surface area contributed by atoms with Crippen LogP contribution in [0.1, 0.15) is 13.3 Å². The summed E-state index contributed by atoms with van der Waals surface area (Å²) in [5, 5.41) is 13.1. The lowest BCUT2D eigenvalue weighted by atomic mass is 10.3. The summed E-state index contributed by atoms with van der Waals surface area (Å²) in [7, 11) is 0. The molecule has 0 aliphatic rings. The molecule has 2 rings (SSSR count). The van der Waals surface area contributed by atoms with Crippen LogP contribution in [0.2, 0.25) is 0 Å². The van der Waals surface area contributed by atoms with Crippen molar-refractivity contribution < 1.29 is 5.11 Å². The van der Waals surface area contributed by atoms with Gasteiger partial charge in [0, 0.05) is 18.9 Å². The average molecular weight is 207 g/mol. The van der Waals surface area contributed by atoms with Gasteiger partial charge in [-0.05, 0) is 19.4 Å². The van der Waals surface area contributed by atoms with Gasteiger partial charge in [-0.15, -0.1) is 0 Å². The zero-order valence-electron chi connectivity index (χ0n) is 8.50. The molecule has 1 N–H and O–H groups in total. The molecular weight excluding hydrogens is 194 g/mol. The van der Waals surface area contributed by atoms with E-state index in [1.54, 1.807) is 40.7 Å². The molecule has 0 radical (unpaired) electrons.